The predicted octanol–water partition coefficient (Wildman–Crippen LogP) is 3.56. The van der Waals surface area contributed by atoms with Crippen LogP contribution in [0.4, 0.5) is 0 Å². The summed E-state index contributed by atoms with van der Waals surface area (Å²) < 4.78 is 5.38. The maximum Gasteiger partial charge on any atom is 0.354 e. The normalized spacial score (nSPS) is 15.8. The molecule has 2 heterocycles. The number of carboxylic acids is 1. The molecule has 1 atom stereocenters. The van der Waals surface area contributed by atoms with Crippen LogP contribution in [0.25, 0.3) is 11.4 Å². The molecular weight excluding hydrogens is 376 g/mol. The number of aromatic nitrogens is 3. The number of pyridine rings is 1. The van der Waals surface area contributed by atoms with Gasteiger partial charge in [-0.2, -0.15) is 4.98 Å². The van der Waals surface area contributed by atoms with Gasteiger partial charge in [0.1, 0.15) is 5.69 Å². The van der Waals surface area contributed by atoms with Crippen molar-refractivity contribution in [2.75, 3.05) is 0 Å². The molecule has 0 saturated heterocycles. The number of carbonyl (C=O) groups is 2. The minimum atomic E-state index is -1.11. The van der Waals surface area contributed by atoms with Crippen LogP contribution in [-0.2, 0) is 4.79 Å². The Hall–Kier alpha value is -2.81. The number of hydroxylamine groups is 1. The lowest BCUT2D eigenvalue weighted by Crippen LogP contribution is -2.21. The second-order valence-corrected chi connectivity index (χ2v) is 7.56. The van der Waals surface area contributed by atoms with Crippen molar-refractivity contribution in [3.8, 4) is 11.4 Å². The number of carboxylic acid groups (broad SMARTS) is 1. The smallest absolute Gasteiger partial charge is 0.354 e. The molecule has 0 spiro atoms. The van der Waals surface area contributed by atoms with Crippen LogP contribution >= 0.6 is 0 Å². The van der Waals surface area contributed by atoms with E-state index in [9.17, 15) is 9.59 Å². The maximum atomic E-state index is 11.7. The number of rotatable bonds is 9. The summed E-state index contributed by atoms with van der Waals surface area (Å²) >= 11 is 0. The van der Waals surface area contributed by atoms with E-state index < -0.39 is 11.9 Å². The van der Waals surface area contributed by atoms with Gasteiger partial charge in [0, 0.05) is 24.1 Å². The number of carbonyl (C=O) groups excluding carboxylic acids is 1. The number of hydrogen-bond acceptors (Lipinski definition) is 7. The van der Waals surface area contributed by atoms with Gasteiger partial charge in [0.05, 0.1) is 0 Å². The Bertz CT molecular complexity index is 815. The first-order valence-corrected chi connectivity index (χ1v) is 10.0. The van der Waals surface area contributed by atoms with Crippen molar-refractivity contribution in [1.29, 1.82) is 0 Å². The van der Waals surface area contributed by atoms with E-state index in [-0.39, 0.29) is 23.9 Å². The quantitative estimate of drug-likeness (QED) is 0.427. The number of amides is 1. The molecule has 9 heteroatoms. The van der Waals surface area contributed by atoms with Gasteiger partial charge in [-0.15, -0.1) is 0 Å². The monoisotopic (exact) mass is 402 g/mol. The zero-order chi connectivity index (χ0) is 20.6. The maximum absolute atomic E-state index is 11.7. The SMILES string of the molecule is O=C(C[C@@H](CCCC1CCCCC1)c1nc(-c2ccc(C(=O)O)nc2)no1)NO. The fourth-order valence-corrected chi connectivity index (χ4v) is 3.88. The molecule has 0 radical (unpaired) electrons. The second kappa shape index (κ2) is 10.1. The van der Waals surface area contributed by atoms with Crippen LogP contribution < -0.4 is 5.48 Å². The van der Waals surface area contributed by atoms with Crippen LogP contribution in [0.2, 0.25) is 0 Å². The fourth-order valence-electron chi connectivity index (χ4n) is 3.88. The molecule has 156 valence electrons. The molecular formula is C20H26N4O5. The lowest BCUT2D eigenvalue weighted by atomic mass is 9.84. The van der Waals surface area contributed by atoms with Crippen molar-refractivity contribution in [2.45, 2.75) is 63.7 Å². The third-order valence-corrected chi connectivity index (χ3v) is 5.48. The Labute approximate surface area is 168 Å². The Morgan fingerprint density at radius 3 is 2.69 bits per heavy atom. The average molecular weight is 402 g/mol. The first-order chi connectivity index (χ1) is 14.1. The molecule has 2 aromatic rings. The first kappa shape index (κ1) is 20.9. The third-order valence-electron chi connectivity index (χ3n) is 5.48. The molecule has 0 bridgehead atoms. The average Bonchev–Trinajstić information content (AvgIpc) is 3.24. The number of aromatic carboxylic acids is 1. The summed E-state index contributed by atoms with van der Waals surface area (Å²) in [6.45, 7) is 0. The highest BCUT2D eigenvalue weighted by atomic mass is 16.5. The molecule has 2 aromatic heterocycles. The number of hydrogen-bond donors (Lipinski definition) is 3. The van der Waals surface area contributed by atoms with Crippen molar-refractivity contribution in [3.05, 3.63) is 29.9 Å². The zero-order valence-corrected chi connectivity index (χ0v) is 16.2. The molecule has 1 amide bonds. The highest BCUT2D eigenvalue weighted by molar-refractivity contribution is 5.85. The van der Waals surface area contributed by atoms with Gasteiger partial charge >= 0.3 is 5.97 Å². The largest absolute Gasteiger partial charge is 0.477 e. The number of nitrogens with one attached hydrogen (secondary N) is 1. The summed E-state index contributed by atoms with van der Waals surface area (Å²) in [6.07, 6.45) is 10.6. The van der Waals surface area contributed by atoms with Gasteiger partial charge in [0.15, 0.2) is 0 Å². The Morgan fingerprint density at radius 1 is 1.24 bits per heavy atom. The lowest BCUT2D eigenvalue weighted by Gasteiger charge is -2.22. The molecule has 3 rings (SSSR count). The van der Waals surface area contributed by atoms with Crippen LogP contribution in [0.5, 0.6) is 0 Å². The molecule has 1 aliphatic rings. The summed E-state index contributed by atoms with van der Waals surface area (Å²) in [7, 11) is 0. The fraction of sp³-hybridized carbons (Fsp3) is 0.550. The molecule has 3 N–H and O–H groups in total. The predicted molar refractivity (Wildman–Crippen MR) is 102 cm³/mol. The molecule has 0 aromatic carbocycles. The van der Waals surface area contributed by atoms with E-state index in [0.29, 0.717) is 17.9 Å². The summed E-state index contributed by atoms with van der Waals surface area (Å²) in [5.41, 5.74) is 2.12. The summed E-state index contributed by atoms with van der Waals surface area (Å²) in [6, 6.07) is 2.93. The van der Waals surface area contributed by atoms with Gasteiger partial charge in [-0.3, -0.25) is 10.0 Å². The highest BCUT2D eigenvalue weighted by Crippen LogP contribution is 2.31. The van der Waals surface area contributed by atoms with E-state index in [1.165, 1.54) is 44.4 Å². The molecule has 1 fully saturated rings. The van der Waals surface area contributed by atoms with Gasteiger partial charge in [-0.05, 0) is 24.5 Å². The van der Waals surface area contributed by atoms with Crippen molar-refractivity contribution < 1.29 is 24.4 Å². The van der Waals surface area contributed by atoms with Crippen molar-refractivity contribution in [3.63, 3.8) is 0 Å². The van der Waals surface area contributed by atoms with E-state index in [1.807, 2.05) is 0 Å². The van der Waals surface area contributed by atoms with Crippen molar-refractivity contribution >= 4 is 11.9 Å². The highest BCUT2D eigenvalue weighted by Gasteiger charge is 2.24. The second-order valence-electron chi connectivity index (χ2n) is 7.56. The standard InChI is InChI=1S/C20H26N4O5/c25-17(23-28)11-14(8-4-7-13-5-2-1-3-6-13)19-22-18(24-29-19)15-9-10-16(20(26)27)21-12-15/h9-10,12-14,28H,1-8,11H2,(H,23,25)(H,26,27)/t14-/m1/s1. The van der Waals surface area contributed by atoms with E-state index >= 15 is 0 Å². The summed E-state index contributed by atoms with van der Waals surface area (Å²) in [5, 5.41) is 21.8. The Morgan fingerprint density at radius 2 is 2.03 bits per heavy atom. The molecule has 1 saturated carbocycles. The van der Waals surface area contributed by atoms with Gasteiger partial charge < -0.3 is 9.63 Å². The minimum Gasteiger partial charge on any atom is -0.477 e. The van der Waals surface area contributed by atoms with E-state index in [1.54, 1.807) is 11.5 Å². The molecule has 9 nitrogen and oxygen atoms in total. The van der Waals surface area contributed by atoms with Crippen molar-refractivity contribution in [1.82, 2.24) is 20.6 Å². The van der Waals surface area contributed by atoms with E-state index in [2.05, 4.69) is 15.1 Å². The van der Waals surface area contributed by atoms with Crippen LogP contribution in [0.3, 0.4) is 0 Å². The van der Waals surface area contributed by atoms with Crippen LogP contribution in [0, 0.1) is 5.92 Å². The molecule has 29 heavy (non-hydrogen) atoms. The molecule has 0 aliphatic heterocycles. The Balaban J connectivity index is 1.66. The van der Waals surface area contributed by atoms with Crippen LogP contribution in [0.1, 0.15) is 80.1 Å². The van der Waals surface area contributed by atoms with E-state index in [4.69, 9.17) is 14.8 Å². The molecule has 1 aliphatic carbocycles. The van der Waals surface area contributed by atoms with Crippen molar-refractivity contribution in [2.24, 2.45) is 5.92 Å². The minimum absolute atomic E-state index is 0.0546. The van der Waals surface area contributed by atoms with Crippen LogP contribution in [0.15, 0.2) is 22.9 Å². The zero-order valence-electron chi connectivity index (χ0n) is 16.2. The Kier molecular flexibility index (Phi) is 7.29. The van der Waals surface area contributed by atoms with Gasteiger partial charge in [-0.25, -0.2) is 15.3 Å². The molecule has 0 unspecified atom stereocenters. The summed E-state index contributed by atoms with van der Waals surface area (Å²) in [5.74, 6) is -0.551. The van der Waals surface area contributed by atoms with Gasteiger partial charge in [-0.1, -0.05) is 50.1 Å². The summed E-state index contributed by atoms with van der Waals surface area (Å²) in [4.78, 5) is 30.9. The first-order valence-electron chi connectivity index (χ1n) is 10.0. The van der Waals surface area contributed by atoms with Crippen LogP contribution in [-0.4, -0.2) is 37.3 Å². The topological polar surface area (TPSA) is 138 Å². The van der Waals surface area contributed by atoms with Gasteiger partial charge in [0.2, 0.25) is 17.6 Å². The third kappa shape index (κ3) is 5.83. The lowest BCUT2D eigenvalue weighted by molar-refractivity contribution is -0.129. The van der Waals surface area contributed by atoms with E-state index in [0.717, 1.165) is 18.8 Å². The number of nitrogens with zero attached hydrogens (tertiary/aromatic N) is 3. The van der Waals surface area contributed by atoms with Gasteiger partial charge in [0.25, 0.3) is 0 Å².